The van der Waals surface area contributed by atoms with Gasteiger partial charge in [-0.15, -0.1) is 0 Å². The lowest BCUT2D eigenvalue weighted by atomic mass is 10.3. The van der Waals surface area contributed by atoms with Crippen LogP contribution in [0, 0.1) is 10.1 Å². The Labute approximate surface area is 174 Å². The number of carbonyl (C=O) groups excluding carboxylic acids is 1. The fraction of sp³-hybridized carbons (Fsp3) is 0.150. The van der Waals surface area contributed by atoms with Gasteiger partial charge in [0.15, 0.2) is 10.9 Å². The van der Waals surface area contributed by atoms with Crippen molar-refractivity contribution in [2.75, 3.05) is 11.5 Å². The molecule has 0 saturated heterocycles. The highest BCUT2D eigenvalue weighted by Gasteiger charge is 2.26. The van der Waals surface area contributed by atoms with E-state index in [9.17, 15) is 14.9 Å². The quantitative estimate of drug-likeness (QED) is 0.318. The highest BCUT2D eigenvalue weighted by Crippen LogP contribution is 2.33. The molecule has 0 aliphatic heterocycles. The zero-order valence-corrected chi connectivity index (χ0v) is 16.7. The molecule has 3 aromatic heterocycles. The molecule has 0 aliphatic rings. The van der Waals surface area contributed by atoms with Gasteiger partial charge < -0.3 is 9.15 Å². The Morgan fingerprint density at radius 2 is 2.13 bits per heavy atom. The fourth-order valence-electron chi connectivity index (χ4n) is 2.82. The van der Waals surface area contributed by atoms with Crippen LogP contribution in [0.25, 0.3) is 10.2 Å². The van der Waals surface area contributed by atoms with Gasteiger partial charge in [0.25, 0.3) is 5.91 Å². The summed E-state index contributed by atoms with van der Waals surface area (Å²) in [4.78, 5) is 33.6. The summed E-state index contributed by atoms with van der Waals surface area (Å²) >= 11 is 1.31. The summed E-state index contributed by atoms with van der Waals surface area (Å²) in [6, 6.07) is 13.3. The summed E-state index contributed by atoms with van der Waals surface area (Å²) in [5.41, 5.74) is 1.35. The maximum absolute atomic E-state index is 13.2. The molecule has 1 amide bonds. The number of hydrogen-bond acceptors (Lipinski definition) is 8. The molecule has 3 heterocycles. The largest absolute Gasteiger partial charge is 0.494 e. The Morgan fingerprint density at radius 1 is 1.27 bits per heavy atom. The zero-order chi connectivity index (χ0) is 21.1. The highest BCUT2D eigenvalue weighted by atomic mass is 32.1. The Hall–Kier alpha value is -3.79. The van der Waals surface area contributed by atoms with Crippen molar-refractivity contribution in [1.29, 1.82) is 0 Å². The van der Waals surface area contributed by atoms with E-state index in [4.69, 9.17) is 9.15 Å². The average molecular weight is 424 g/mol. The first-order chi connectivity index (χ1) is 14.5. The van der Waals surface area contributed by atoms with Crippen molar-refractivity contribution in [2.24, 2.45) is 0 Å². The Morgan fingerprint density at radius 3 is 2.83 bits per heavy atom. The van der Waals surface area contributed by atoms with Crippen molar-refractivity contribution >= 4 is 38.5 Å². The van der Waals surface area contributed by atoms with Crippen LogP contribution >= 0.6 is 11.3 Å². The van der Waals surface area contributed by atoms with Gasteiger partial charge in [0.1, 0.15) is 10.7 Å². The Kier molecular flexibility index (Phi) is 5.40. The highest BCUT2D eigenvalue weighted by molar-refractivity contribution is 7.22. The van der Waals surface area contributed by atoms with Crippen LogP contribution in [0.3, 0.4) is 0 Å². The summed E-state index contributed by atoms with van der Waals surface area (Å²) in [6.07, 6.45) is 1.63. The van der Waals surface area contributed by atoms with Crippen molar-refractivity contribution in [1.82, 2.24) is 9.97 Å². The number of anilines is 1. The molecule has 30 heavy (non-hydrogen) atoms. The van der Waals surface area contributed by atoms with Crippen LogP contribution in [0.15, 0.2) is 59.1 Å². The van der Waals surface area contributed by atoms with Crippen molar-refractivity contribution in [3.05, 3.63) is 76.3 Å². The molecule has 10 heteroatoms. The van der Waals surface area contributed by atoms with E-state index in [1.807, 2.05) is 31.2 Å². The maximum Gasteiger partial charge on any atom is 0.433 e. The number of furan rings is 1. The molecule has 0 bridgehead atoms. The molecule has 0 saturated carbocycles. The average Bonchev–Trinajstić information content (AvgIpc) is 3.40. The third-order valence-corrected chi connectivity index (χ3v) is 5.21. The molecule has 0 unspecified atom stereocenters. The third kappa shape index (κ3) is 3.98. The molecule has 4 rings (SSSR count). The minimum absolute atomic E-state index is 0.131. The number of nitrogens with zero attached hydrogens (tertiary/aromatic N) is 4. The number of hydrogen-bond donors (Lipinski definition) is 0. The number of thiazole rings is 1. The number of pyridine rings is 1. The van der Waals surface area contributed by atoms with E-state index >= 15 is 0 Å². The molecular formula is C20H16N4O5S. The molecule has 1 aromatic carbocycles. The van der Waals surface area contributed by atoms with Crippen molar-refractivity contribution in [3.8, 4) is 5.75 Å². The minimum atomic E-state index is -0.688. The normalized spacial score (nSPS) is 10.8. The van der Waals surface area contributed by atoms with E-state index in [1.165, 1.54) is 22.3 Å². The van der Waals surface area contributed by atoms with E-state index in [0.29, 0.717) is 28.7 Å². The second kappa shape index (κ2) is 8.29. The standard InChI is InChI=1S/C20H16N4O5S/c1-2-28-14-6-7-15-17(11-14)30-20(22-15)23(12-13-5-3-4-10-21-13)19(25)16-8-9-18(29-16)24(26)27/h3-11H,2,12H2,1H3. The summed E-state index contributed by atoms with van der Waals surface area (Å²) in [5.74, 6) is -0.476. The summed E-state index contributed by atoms with van der Waals surface area (Å²) in [6.45, 7) is 2.57. The smallest absolute Gasteiger partial charge is 0.433 e. The van der Waals surface area contributed by atoms with Gasteiger partial charge in [-0.3, -0.25) is 24.8 Å². The van der Waals surface area contributed by atoms with E-state index in [0.717, 1.165) is 10.8 Å². The number of fused-ring (bicyclic) bond motifs is 1. The topological polar surface area (TPSA) is 112 Å². The predicted octanol–water partition coefficient (Wildman–Crippen LogP) is 4.44. The van der Waals surface area contributed by atoms with Crippen LogP contribution in [-0.2, 0) is 6.54 Å². The van der Waals surface area contributed by atoms with Crippen molar-refractivity contribution < 1.29 is 18.9 Å². The second-order valence-corrected chi connectivity index (χ2v) is 7.18. The van der Waals surface area contributed by atoms with Gasteiger partial charge in [0, 0.05) is 6.20 Å². The van der Waals surface area contributed by atoms with Gasteiger partial charge in [0.2, 0.25) is 0 Å². The SMILES string of the molecule is CCOc1ccc2nc(N(Cc3ccccn3)C(=O)c3ccc([N+](=O)[O-])o3)sc2c1. The minimum Gasteiger partial charge on any atom is -0.494 e. The lowest BCUT2D eigenvalue weighted by Crippen LogP contribution is -2.30. The zero-order valence-electron chi connectivity index (χ0n) is 15.8. The van der Waals surface area contributed by atoms with E-state index in [-0.39, 0.29) is 12.3 Å². The molecule has 4 aromatic rings. The van der Waals surface area contributed by atoms with Gasteiger partial charge in [0.05, 0.1) is 35.1 Å². The number of aromatic nitrogens is 2. The molecule has 0 aliphatic carbocycles. The van der Waals surface area contributed by atoms with Gasteiger partial charge >= 0.3 is 5.88 Å². The van der Waals surface area contributed by atoms with Gasteiger partial charge in [-0.2, -0.15) is 0 Å². The molecule has 0 N–H and O–H groups in total. The van der Waals surface area contributed by atoms with Crippen LogP contribution in [0.2, 0.25) is 0 Å². The van der Waals surface area contributed by atoms with Crippen LogP contribution in [-0.4, -0.2) is 27.4 Å². The molecular weight excluding hydrogens is 408 g/mol. The van der Waals surface area contributed by atoms with Crippen LogP contribution in [0.5, 0.6) is 5.75 Å². The maximum atomic E-state index is 13.2. The Bertz CT molecular complexity index is 1200. The fourth-order valence-corrected chi connectivity index (χ4v) is 3.81. The lowest BCUT2D eigenvalue weighted by molar-refractivity contribution is -0.402. The molecule has 0 atom stereocenters. The van der Waals surface area contributed by atoms with E-state index in [1.54, 1.807) is 18.3 Å². The number of carbonyl (C=O) groups is 1. The number of rotatable bonds is 7. The van der Waals surface area contributed by atoms with Crippen molar-refractivity contribution in [2.45, 2.75) is 13.5 Å². The van der Waals surface area contributed by atoms with Gasteiger partial charge in [-0.05, 0) is 43.3 Å². The van der Waals surface area contributed by atoms with E-state index < -0.39 is 16.7 Å². The Balaban J connectivity index is 1.73. The van der Waals surface area contributed by atoms with Crippen LogP contribution < -0.4 is 9.64 Å². The summed E-state index contributed by atoms with van der Waals surface area (Å²) < 4.78 is 11.5. The molecule has 152 valence electrons. The monoisotopic (exact) mass is 424 g/mol. The van der Waals surface area contributed by atoms with Gasteiger partial charge in [-0.25, -0.2) is 4.98 Å². The molecule has 0 fully saturated rings. The molecule has 0 radical (unpaired) electrons. The van der Waals surface area contributed by atoms with Crippen LogP contribution in [0.4, 0.5) is 11.0 Å². The summed E-state index contributed by atoms with van der Waals surface area (Å²) in [5, 5.41) is 11.3. The second-order valence-electron chi connectivity index (χ2n) is 6.17. The predicted molar refractivity (Wildman–Crippen MR) is 111 cm³/mol. The number of amides is 1. The lowest BCUT2D eigenvalue weighted by Gasteiger charge is -2.18. The third-order valence-electron chi connectivity index (χ3n) is 4.16. The first kappa shape index (κ1) is 19.5. The summed E-state index contributed by atoms with van der Waals surface area (Å²) in [7, 11) is 0. The van der Waals surface area contributed by atoms with E-state index in [2.05, 4.69) is 9.97 Å². The number of nitro groups is 1. The first-order valence-electron chi connectivity index (χ1n) is 9.04. The first-order valence-corrected chi connectivity index (χ1v) is 9.86. The molecule has 9 nitrogen and oxygen atoms in total. The van der Waals surface area contributed by atoms with Gasteiger partial charge in [-0.1, -0.05) is 17.4 Å². The molecule has 0 spiro atoms. The van der Waals surface area contributed by atoms with Crippen molar-refractivity contribution in [3.63, 3.8) is 0 Å². The number of ether oxygens (including phenoxy) is 1. The number of benzene rings is 1. The van der Waals surface area contributed by atoms with Crippen LogP contribution in [0.1, 0.15) is 23.2 Å².